The molecule has 0 spiro atoms. The molecule has 3 aromatic rings. The summed E-state index contributed by atoms with van der Waals surface area (Å²) in [6.45, 7) is 0.0501. The van der Waals surface area contributed by atoms with Crippen LogP contribution in [0.3, 0.4) is 0 Å². The second kappa shape index (κ2) is 8.03. The molecule has 30 heavy (non-hydrogen) atoms. The lowest BCUT2D eigenvalue weighted by molar-refractivity contribution is -0.384. The summed E-state index contributed by atoms with van der Waals surface area (Å²) in [5.74, 6) is 0.0526. The van der Waals surface area contributed by atoms with Gasteiger partial charge in [0, 0.05) is 11.1 Å². The normalized spacial score (nSPS) is 11.3. The number of nitrogens with one attached hydrogen (secondary N) is 1. The third kappa shape index (κ3) is 4.51. The Bertz CT molecular complexity index is 1190. The summed E-state index contributed by atoms with van der Waals surface area (Å²) in [7, 11) is 0. The summed E-state index contributed by atoms with van der Waals surface area (Å²) >= 11 is 5.79. The summed E-state index contributed by atoms with van der Waals surface area (Å²) in [6.07, 6.45) is -4.96. The molecule has 0 aliphatic rings. The number of nitro groups is 1. The van der Waals surface area contributed by atoms with Crippen molar-refractivity contribution in [3.05, 3.63) is 95.8 Å². The number of aromatic nitrogens is 2. The molecule has 0 saturated carbocycles. The molecule has 0 fully saturated rings. The third-order valence-electron chi connectivity index (χ3n) is 3.94. The molecule has 0 aliphatic heterocycles. The van der Waals surface area contributed by atoms with Crippen molar-refractivity contribution in [1.29, 1.82) is 0 Å². The van der Waals surface area contributed by atoms with Crippen molar-refractivity contribution >= 4 is 17.3 Å². The molecule has 0 bridgehead atoms. The van der Waals surface area contributed by atoms with Gasteiger partial charge in [0.15, 0.2) is 0 Å². The Hall–Kier alpha value is -3.60. The van der Waals surface area contributed by atoms with E-state index in [1.165, 1.54) is 11.1 Å². The minimum atomic E-state index is -4.96. The maximum absolute atomic E-state index is 12.7. The molecule has 1 N–H and O–H groups in total. The number of benzene rings is 2. The lowest BCUT2D eigenvalue weighted by atomic mass is 10.2. The maximum atomic E-state index is 12.7. The van der Waals surface area contributed by atoms with Gasteiger partial charge in [0.25, 0.3) is 11.2 Å². The highest BCUT2D eigenvalue weighted by Crippen LogP contribution is 2.28. The van der Waals surface area contributed by atoms with Crippen LogP contribution in [0.25, 0.3) is 5.69 Å². The molecule has 0 atom stereocenters. The summed E-state index contributed by atoms with van der Waals surface area (Å²) in [5, 5.41) is 12.0. The highest BCUT2D eigenvalue weighted by atomic mass is 35.5. The van der Waals surface area contributed by atoms with Crippen molar-refractivity contribution in [2.24, 2.45) is 0 Å². The molecule has 3 rings (SSSR count). The van der Waals surface area contributed by atoms with Crippen LogP contribution in [-0.4, -0.2) is 14.5 Å². The Kier molecular flexibility index (Phi) is 5.65. The van der Waals surface area contributed by atoms with Gasteiger partial charge in [-0.25, -0.2) is 9.36 Å². The molecule has 156 valence electrons. The Morgan fingerprint density at radius 2 is 1.77 bits per heavy atom. The number of nitro benzene ring substituents is 1. The molecule has 1 heterocycles. The van der Waals surface area contributed by atoms with Crippen LogP contribution in [0, 0.1) is 10.1 Å². The number of hydrogen-bond donors (Lipinski definition) is 1. The van der Waals surface area contributed by atoms with Gasteiger partial charge in [-0.1, -0.05) is 23.7 Å². The number of nitrogens with zero attached hydrogens (tertiary/aromatic N) is 2. The van der Waals surface area contributed by atoms with E-state index < -0.39 is 39.4 Å². The Morgan fingerprint density at radius 1 is 1.10 bits per heavy atom. The quantitative estimate of drug-likeness (QED) is 0.480. The fourth-order valence-electron chi connectivity index (χ4n) is 2.55. The average molecular weight is 442 g/mol. The molecule has 2 aromatic carbocycles. The molecule has 0 aliphatic carbocycles. The zero-order valence-electron chi connectivity index (χ0n) is 14.8. The van der Waals surface area contributed by atoms with Crippen molar-refractivity contribution in [1.82, 2.24) is 9.55 Å². The van der Waals surface area contributed by atoms with Crippen LogP contribution in [-0.2, 0) is 12.8 Å². The van der Waals surface area contributed by atoms with Crippen molar-refractivity contribution in [3.8, 4) is 11.4 Å². The lowest BCUT2D eigenvalue weighted by Crippen LogP contribution is -2.36. The minimum Gasteiger partial charge on any atom is -0.489 e. The van der Waals surface area contributed by atoms with E-state index in [4.69, 9.17) is 16.3 Å². The SMILES string of the molecule is O=c1cc(C(F)(F)F)[nH]c(=O)n1-c1ccc(OCc2ccc(Cl)cc2)cc1[N+](=O)[O-]. The van der Waals surface area contributed by atoms with Gasteiger partial charge >= 0.3 is 11.9 Å². The molecule has 1 aromatic heterocycles. The monoisotopic (exact) mass is 441 g/mol. The van der Waals surface area contributed by atoms with Crippen LogP contribution in [0.1, 0.15) is 11.3 Å². The number of ether oxygens (including phenoxy) is 1. The second-order valence-electron chi connectivity index (χ2n) is 5.98. The van der Waals surface area contributed by atoms with E-state index in [1.54, 1.807) is 24.3 Å². The Labute approximate surface area is 170 Å². The van der Waals surface area contributed by atoms with Crippen molar-refractivity contribution in [2.45, 2.75) is 12.8 Å². The number of alkyl halides is 3. The molecular weight excluding hydrogens is 431 g/mol. The van der Waals surface area contributed by atoms with E-state index >= 15 is 0 Å². The fraction of sp³-hybridized carbons (Fsp3) is 0.111. The van der Waals surface area contributed by atoms with Gasteiger partial charge in [-0.05, 0) is 29.8 Å². The summed E-state index contributed by atoms with van der Waals surface area (Å²) in [5.41, 5.74) is -4.87. The van der Waals surface area contributed by atoms with Crippen LogP contribution >= 0.6 is 11.6 Å². The van der Waals surface area contributed by atoms with E-state index in [-0.39, 0.29) is 23.0 Å². The predicted octanol–water partition coefficient (Wildman–Crippen LogP) is 3.69. The number of rotatable bonds is 5. The molecule has 0 radical (unpaired) electrons. The van der Waals surface area contributed by atoms with E-state index in [2.05, 4.69) is 0 Å². The maximum Gasteiger partial charge on any atom is 0.431 e. The highest BCUT2D eigenvalue weighted by Gasteiger charge is 2.33. The second-order valence-corrected chi connectivity index (χ2v) is 6.42. The van der Waals surface area contributed by atoms with E-state index in [1.807, 2.05) is 0 Å². The Balaban J connectivity index is 1.98. The van der Waals surface area contributed by atoms with Crippen LogP contribution in [0.2, 0.25) is 5.02 Å². The zero-order valence-corrected chi connectivity index (χ0v) is 15.5. The largest absolute Gasteiger partial charge is 0.489 e. The molecule has 12 heteroatoms. The zero-order chi connectivity index (χ0) is 22.1. The van der Waals surface area contributed by atoms with Gasteiger partial charge in [-0.15, -0.1) is 0 Å². The Morgan fingerprint density at radius 3 is 2.33 bits per heavy atom. The van der Waals surface area contributed by atoms with Gasteiger partial charge in [-0.2, -0.15) is 13.2 Å². The van der Waals surface area contributed by atoms with E-state index in [0.717, 1.165) is 17.7 Å². The van der Waals surface area contributed by atoms with Crippen LogP contribution in [0.15, 0.2) is 58.1 Å². The highest BCUT2D eigenvalue weighted by molar-refractivity contribution is 6.30. The summed E-state index contributed by atoms with van der Waals surface area (Å²) in [4.78, 5) is 36.2. The molecule has 8 nitrogen and oxygen atoms in total. The number of hydrogen-bond acceptors (Lipinski definition) is 5. The fourth-order valence-corrected chi connectivity index (χ4v) is 2.68. The first-order chi connectivity index (χ1) is 14.1. The minimum absolute atomic E-state index is 0.0501. The van der Waals surface area contributed by atoms with Gasteiger partial charge in [0.1, 0.15) is 23.7 Å². The van der Waals surface area contributed by atoms with Crippen LogP contribution in [0.5, 0.6) is 5.75 Å². The number of halogens is 4. The molecular formula is C18H11ClF3N3O5. The van der Waals surface area contributed by atoms with Crippen molar-refractivity contribution < 1.29 is 22.8 Å². The van der Waals surface area contributed by atoms with Gasteiger partial charge in [0.2, 0.25) is 0 Å². The number of aromatic amines is 1. The molecule has 0 saturated heterocycles. The standard InChI is InChI=1S/C18H11ClF3N3O5/c19-11-3-1-10(2-4-11)9-30-12-5-6-13(14(7-12)25(28)29)24-16(26)8-15(18(20,21)22)23-17(24)27/h1-8H,9H2,(H,23,27). The van der Waals surface area contributed by atoms with Crippen molar-refractivity contribution in [2.75, 3.05) is 0 Å². The third-order valence-corrected chi connectivity index (χ3v) is 4.19. The first-order valence-corrected chi connectivity index (χ1v) is 8.53. The topological polar surface area (TPSA) is 107 Å². The predicted molar refractivity (Wildman–Crippen MR) is 100 cm³/mol. The van der Waals surface area contributed by atoms with Gasteiger partial charge in [-0.3, -0.25) is 14.9 Å². The summed E-state index contributed by atoms with van der Waals surface area (Å²) < 4.78 is 43.9. The number of H-pyrrole nitrogens is 1. The lowest BCUT2D eigenvalue weighted by Gasteiger charge is -2.11. The molecule has 0 amide bonds. The van der Waals surface area contributed by atoms with E-state index in [9.17, 15) is 32.9 Å². The summed E-state index contributed by atoms with van der Waals surface area (Å²) in [6, 6.07) is 10.1. The first-order valence-electron chi connectivity index (χ1n) is 8.16. The van der Waals surface area contributed by atoms with Crippen molar-refractivity contribution in [3.63, 3.8) is 0 Å². The van der Waals surface area contributed by atoms with Gasteiger partial charge in [0.05, 0.1) is 11.0 Å². The smallest absolute Gasteiger partial charge is 0.431 e. The van der Waals surface area contributed by atoms with Crippen LogP contribution in [0.4, 0.5) is 18.9 Å². The molecule has 0 unspecified atom stereocenters. The van der Waals surface area contributed by atoms with Gasteiger partial charge < -0.3 is 9.72 Å². The first kappa shape index (κ1) is 21.1. The van der Waals surface area contributed by atoms with Crippen LogP contribution < -0.4 is 16.0 Å². The van der Waals surface area contributed by atoms with E-state index in [0.29, 0.717) is 5.02 Å². The average Bonchev–Trinajstić information content (AvgIpc) is 2.66.